The first-order chi connectivity index (χ1) is 15.7. The third-order valence-electron chi connectivity index (χ3n) is 4.53. The van der Waals surface area contributed by atoms with Crippen LogP contribution >= 0.6 is 35.6 Å². The molecule has 1 fully saturated rings. The van der Waals surface area contributed by atoms with Gasteiger partial charge in [0.05, 0.1) is 17.0 Å². The maximum Gasteiger partial charge on any atom is 0.323 e. The van der Waals surface area contributed by atoms with Crippen LogP contribution in [0.3, 0.4) is 0 Å². The minimum atomic E-state index is -1.14. The van der Waals surface area contributed by atoms with Gasteiger partial charge >= 0.3 is 11.9 Å². The van der Waals surface area contributed by atoms with Crippen molar-refractivity contribution in [3.63, 3.8) is 0 Å². The van der Waals surface area contributed by atoms with Crippen molar-refractivity contribution in [2.75, 3.05) is 13.7 Å². The summed E-state index contributed by atoms with van der Waals surface area (Å²) < 4.78 is 10.6. The number of thioether (sulfide) groups is 1. The average molecular weight is 507 g/mol. The van der Waals surface area contributed by atoms with Crippen LogP contribution in [0, 0.1) is 0 Å². The van der Waals surface area contributed by atoms with Crippen molar-refractivity contribution >= 4 is 63.8 Å². The van der Waals surface area contributed by atoms with E-state index in [9.17, 15) is 14.4 Å². The minimum Gasteiger partial charge on any atom is -0.480 e. The van der Waals surface area contributed by atoms with E-state index in [4.69, 9.17) is 39.4 Å². The van der Waals surface area contributed by atoms with Gasteiger partial charge in [-0.3, -0.25) is 19.3 Å². The van der Waals surface area contributed by atoms with Gasteiger partial charge in [0, 0.05) is 0 Å². The Kier molecular flexibility index (Phi) is 8.09. The zero-order chi connectivity index (χ0) is 24.1. The summed E-state index contributed by atoms with van der Waals surface area (Å²) in [6.07, 6.45) is 1.93. The predicted octanol–water partition coefficient (Wildman–Crippen LogP) is 3.46. The van der Waals surface area contributed by atoms with Gasteiger partial charge in [-0.2, -0.15) is 0 Å². The summed E-state index contributed by atoms with van der Waals surface area (Å²) in [5.41, 5.74) is 7.26. The van der Waals surface area contributed by atoms with Crippen LogP contribution in [0.5, 0.6) is 11.5 Å². The Morgan fingerprint density at radius 3 is 2.58 bits per heavy atom. The van der Waals surface area contributed by atoms with Gasteiger partial charge < -0.3 is 20.3 Å². The smallest absolute Gasteiger partial charge is 0.323 e. The van der Waals surface area contributed by atoms with Crippen molar-refractivity contribution in [1.82, 2.24) is 4.90 Å². The number of carbonyl (C=O) groups is 3. The zero-order valence-corrected chi connectivity index (χ0v) is 19.7. The number of rotatable bonds is 8. The van der Waals surface area contributed by atoms with Gasteiger partial charge in [-0.15, -0.1) is 0 Å². The molecule has 0 spiro atoms. The topological polar surface area (TPSA) is 119 Å². The van der Waals surface area contributed by atoms with Crippen LogP contribution in [-0.2, 0) is 25.5 Å². The Morgan fingerprint density at radius 1 is 1.27 bits per heavy atom. The summed E-state index contributed by atoms with van der Waals surface area (Å²) in [7, 11) is 1.29. The van der Waals surface area contributed by atoms with E-state index in [0.29, 0.717) is 33.4 Å². The number of hydrogen-bond acceptors (Lipinski definition) is 8. The Balaban J connectivity index is 1.68. The second-order valence-corrected chi connectivity index (χ2v) is 9.01. The summed E-state index contributed by atoms with van der Waals surface area (Å²) in [5, 5.41) is 9.24. The quantitative estimate of drug-likeness (QED) is 0.315. The highest BCUT2D eigenvalue weighted by Gasteiger charge is 2.33. The molecule has 1 saturated heterocycles. The third kappa shape index (κ3) is 6.32. The molecule has 0 aromatic heterocycles. The lowest BCUT2D eigenvalue weighted by Crippen LogP contribution is -2.33. The van der Waals surface area contributed by atoms with E-state index in [-0.39, 0.29) is 4.32 Å². The van der Waals surface area contributed by atoms with Gasteiger partial charge in [0.25, 0.3) is 5.91 Å². The van der Waals surface area contributed by atoms with E-state index in [0.717, 1.165) is 22.2 Å². The predicted molar refractivity (Wildman–Crippen MR) is 129 cm³/mol. The van der Waals surface area contributed by atoms with Gasteiger partial charge in [-0.05, 0) is 47.9 Å². The highest BCUT2D eigenvalue weighted by Crippen LogP contribution is 2.35. The summed E-state index contributed by atoms with van der Waals surface area (Å²) in [5.74, 6) is -1.14. The molecule has 1 aliphatic rings. The van der Waals surface area contributed by atoms with E-state index in [2.05, 4.69) is 4.74 Å². The van der Waals surface area contributed by atoms with E-state index >= 15 is 0 Å². The second-order valence-electron chi connectivity index (χ2n) is 6.93. The molecule has 8 nitrogen and oxygen atoms in total. The molecule has 2 aromatic rings. The number of nitrogens with two attached hydrogens (primary N) is 1. The number of carbonyl (C=O) groups excluding carboxylic acids is 2. The average Bonchev–Trinajstić information content (AvgIpc) is 3.03. The molecular formula is C22H19ClN2O6S2. The van der Waals surface area contributed by atoms with Gasteiger partial charge in [0.1, 0.15) is 28.4 Å². The number of carboxylic acids is 1. The number of ether oxygens (including phenoxy) is 2. The number of esters is 1. The molecule has 33 heavy (non-hydrogen) atoms. The van der Waals surface area contributed by atoms with Crippen LogP contribution in [0.1, 0.15) is 11.1 Å². The van der Waals surface area contributed by atoms with Crippen molar-refractivity contribution in [1.29, 1.82) is 0 Å². The molecular weight excluding hydrogens is 488 g/mol. The summed E-state index contributed by atoms with van der Waals surface area (Å²) in [6.45, 7) is -0.483. The monoisotopic (exact) mass is 506 g/mol. The van der Waals surface area contributed by atoms with Crippen molar-refractivity contribution in [2.45, 2.75) is 12.5 Å². The first-order valence-electron chi connectivity index (χ1n) is 9.55. The lowest BCUT2D eigenvalue weighted by Gasteiger charge is -2.11. The van der Waals surface area contributed by atoms with Crippen molar-refractivity contribution in [3.8, 4) is 11.5 Å². The molecule has 1 heterocycles. The van der Waals surface area contributed by atoms with E-state index in [1.165, 1.54) is 7.11 Å². The molecule has 11 heteroatoms. The number of benzene rings is 2. The number of nitrogens with zero attached hydrogens (tertiary/aromatic N) is 1. The molecule has 1 amide bonds. The van der Waals surface area contributed by atoms with Crippen LogP contribution in [0.2, 0.25) is 5.02 Å². The van der Waals surface area contributed by atoms with Gasteiger partial charge in [0.15, 0.2) is 0 Å². The number of thiocarbonyl (C=S) groups is 1. The summed E-state index contributed by atoms with van der Waals surface area (Å²) in [6, 6.07) is 11.3. The minimum absolute atomic E-state index is 0.190. The Hall–Kier alpha value is -2.92. The number of hydrogen-bond donors (Lipinski definition) is 2. The maximum absolute atomic E-state index is 12.4. The van der Waals surface area contributed by atoms with Crippen molar-refractivity contribution in [2.24, 2.45) is 5.73 Å². The fourth-order valence-electron chi connectivity index (χ4n) is 2.92. The molecule has 0 bridgehead atoms. The number of methoxy groups -OCH3 is 1. The van der Waals surface area contributed by atoms with Crippen molar-refractivity contribution < 1.29 is 29.0 Å². The fourth-order valence-corrected chi connectivity index (χ4v) is 4.40. The van der Waals surface area contributed by atoms with Crippen LogP contribution in [-0.4, -0.2) is 51.9 Å². The zero-order valence-electron chi connectivity index (χ0n) is 17.3. The summed E-state index contributed by atoms with van der Waals surface area (Å²) >= 11 is 12.5. The van der Waals surface area contributed by atoms with E-state index < -0.39 is 30.4 Å². The van der Waals surface area contributed by atoms with Crippen LogP contribution in [0.25, 0.3) is 6.08 Å². The molecule has 1 aliphatic heterocycles. The molecule has 1 atom stereocenters. The lowest BCUT2D eigenvalue weighted by atomic mass is 10.1. The Morgan fingerprint density at radius 2 is 1.97 bits per heavy atom. The van der Waals surface area contributed by atoms with Crippen LogP contribution in [0.4, 0.5) is 0 Å². The Labute approximate surface area is 204 Å². The molecule has 0 saturated carbocycles. The number of amides is 1. The lowest BCUT2D eigenvalue weighted by molar-refractivity contribution is -0.142. The van der Waals surface area contributed by atoms with Gasteiger partial charge in [0.2, 0.25) is 0 Å². The number of halogens is 1. The molecule has 3 rings (SSSR count). The normalized spacial score (nSPS) is 15.6. The molecule has 2 aromatic carbocycles. The Bertz CT molecular complexity index is 1140. The summed E-state index contributed by atoms with van der Waals surface area (Å²) in [4.78, 5) is 36.1. The highest BCUT2D eigenvalue weighted by molar-refractivity contribution is 8.26. The van der Waals surface area contributed by atoms with Crippen LogP contribution in [0.15, 0.2) is 47.4 Å². The standard InChI is InChI=1S/C22H19ClN2O6S2/c1-30-21(29)16(24)9-12-2-5-14(6-3-12)31-17-7-4-13(8-15(17)23)10-18-20(28)25(11-19(26)27)22(32)33-18/h2-8,10,16H,9,11,24H2,1H3,(H,26,27)/t16-/m0/s1. The SMILES string of the molecule is COC(=O)[C@@H](N)Cc1ccc(Oc2ccc(C=C3SC(=S)N(CC(=O)O)C3=O)cc2Cl)cc1. The first-order valence-corrected chi connectivity index (χ1v) is 11.1. The van der Waals surface area contributed by atoms with E-state index in [1.807, 2.05) is 0 Å². The first kappa shape index (κ1) is 24.7. The van der Waals surface area contributed by atoms with Gasteiger partial charge in [-0.25, -0.2) is 0 Å². The molecule has 0 aliphatic carbocycles. The largest absolute Gasteiger partial charge is 0.480 e. The van der Waals surface area contributed by atoms with Crippen molar-refractivity contribution in [3.05, 3.63) is 63.5 Å². The molecule has 3 N–H and O–H groups in total. The molecule has 0 radical (unpaired) electrons. The number of aliphatic carboxylic acids is 1. The fraction of sp³-hybridized carbons (Fsp3) is 0.182. The molecule has 172 valence electrons. The molecule has 0 unspecified atom stereocenters. The highest BCUT2D eigenvalue weighted by atomic mass is 35.5. The third-order valence-corrected chi connectivity index (χ3v) is 6.20. The van der Waals surface area contributed by atoms with Crippen LogP contribution < -0.4 is 10.5 Å². The number of carboxylic acid groups (broad SMARTS) is 1. The van der Waals surface area contributed by atoms with E-state index in [1.54, 1.807) is 48.5 Å². The van der Waals surface area contributed by atoms with Gasteiger partial charge in [-0.1, -0.05) is 53.8 Å². The second kappa shape index (κ2) is 10.8. The maximum atomic E-state index is 12.4.